The van der Waals surface area contributed by atoms with Crippen molar-refractivity contribution in [1.29, 1.82) is 0 Å². The van der Waals surface area contributed by atoms with Gasteiger partial charge in [0.25, 0.3) is 0 Å². The molecule has 2 aliphatic heterocycles. The summed E-state index contributed by atoms with van der Waals surface area (Å²) < 4.78 is 0. The normalized spacial score (nSPS) is 25.3. The number of carbonyl (C=O) groups is 1. The van der Waals surface area contributed by atoms with E-state index >= 15 is 0 Å². The van der Waals surface area contributed by atoms with Gasteiger partial charge in [0.05, 0.1) is 6.17 Å². The van der Waals surface area contributed by atoms with Crippen LogP contribution < -0.4 is 0 Å². The number of rotatable bonds is 4. The zero-order valence-electron chi connectivity index (χ0n) is 11.5. The summed E-state index contributed by atoms with van der Waals surface area (Å²) in [7, 11) is 0. The van der Waals surface area contributed by atoms with Crippen LogP contribution in [-0.2, 0) is 4.79 Å². The SMILES string of the molecule is CC(=O)N1CCCC1N1CCN(CCN=[N+]=[N-])CC1. The Morgan fingerprint density at radius 3 is 2.68 bits per heavy atom. The van der Waals surface area contributed by atoms with E-state index in [1.165, 1.54) is 0 Å². The van der Waals surface area contributed by atoms with Gasteiger partial charge >= 0.3 is 0 Å². The largest absolute Gasteiger partial charge is 0.327 e. The molecule has 1 atom stereocenters. The molecule has 7 nitrogen and oxygen atoms in total. The van der Waals surface area contributed by atoms with Crippen molar-refractivity contribution in [3.63, 3.8) is 0 Å². The Labute approximate surface area is 113 Å². The third-order valence-corrected chi connectivity index (χ3v) is 4.03. The molecule has 0 radical (unpaired) electrons. The Bertz CT molecular complexity index is 359. The van der Waals surface area contributed by atoms with Gasteiger partial charge in [-0.1, -0.05) is 5.11 Å². The fourth-order valence-corrected chi connectivity index (χ4v) is 3.01. The lowest BCUT2D eigenvalue weighted by Gasteiger charge is -2.40. The van der Waals surface area contributed by atoms with E-state index in [4.69, 9.17) is 5.53 Å². The summed E-state index contributed by atoms with van der Waals surface area (Å²) in [5.74, 6) is 0.188. The second-order valence-corrected chi connectivity index (χ2v) is 5.17. The average Bonchev–Trinajstić information content (AvgIpc) is 2.89. The van der Waals surface area contributed by atoms with E-state index < -0.39 is 0 Å². The summed E-state index contributed by atoms with van der Waals surface area (Å²) in [5.41, 5.74) is 8.26. The molecule has 0 aromatic carbocycles. The molecule has 0 aromatic heterocycles. The van der Waals surface area contributed by atoms with Crippen LogP contribution in [0.25, 0.3) is 10.4 Å². The molecular formula is C12H22N6O. The van der Waals surface area contributed by atoms with Crippen molar-refractivity contribution in [3.8, 4) is 0 Å². The quantitative estimate of drug-likeness (QED) is 0.430. The minimum atomic E-state index is 0.188. The summed E-state index contributed by atoms with van der Waals surface area (Å²) >= 11 is 0. The fraction of sp³-hybridized carbons (Fsp3) is 0.917. The predicted octanol–water partition coefficient (Wildman–Crippen LogP) is 0.883. The highest BCUT2D eigenvalue weighted by Gasteiger charge is 2.32. The molecule has 2 heterocycles. The first-order chi connectivity index (χ1) is 9.22. The van der Waals surface area contributed by atoms with E-state index in [9.17, 15) is 4.79 Å². The third kappa shape index (κ3) is 3.59. The zero-order valence-corrected chi connectivity index (χ0v) is 11.5. The number of amides is 1. The van der Waals surface area contributed by atoms with Crippen LogP contribution in [0.1, 0.15) is 19.8 Å². The fourth-order valence-electron chi connectivity index (χ4n) is 3.01. The van der Waals surface area contributed by atoms with E-state index in [1.54, 1.807) is 6.92 Å². The molecule has 7 heteroatoms. The first kappa shape index (κ1) is 14.1. The third-order valence-electron chi connectivity index (χ3n) is 4.03. The van der Waals surface area contributed by atoms with Crippen LogP contribution in [0.4, 0.5) is 0 Å². The lowest BCUT2D eigenvalue weighted by Crippen LogP contribution is -2.55. The Morgan fingerprint density at radius 1 is 1.32 bits per heavy atom. The number of hydrogen-bond acceptors (Lipinski definition) is 4. The summed E-state index contributed by atoms with van der Waals surface area (Å²) in [4.78, 5) is 21.1. The van der Waals surface area contributed by atoms with Crippen LogP contribution >= 0.6 is 0 Å². The molecule has 2 aliphatic rings. The molecule has 106 valence electrons. The second-order valence-electron chi connectivity index (χ2n) is 5.17. The van der Waals surface area contributed by atoms with E-state index in [-0.39, 0.29) is 5.91 Å². The lowest BCUT2D eigenvalue weighted by molar-refractivity contribution is -0.133. The summed E-state index contributed by atoms with van der Waals surface area (Å²) in [6, 6.07) is 0. The maximum Gasteiger partial charge on any atom is 0.220 e. The van der Waals surface area contributed by atoms with Gasteiger partial charge in [-0.05, 0) is 18.4 Å². The van der Waals surface area contributed by atoms with Gasteiger partial charge in [-0.25, -0.2) is 0 Å². The minimum absolute atomic E-state index is 0.188. The van der Waals surface area contributed by atoms with Crippen molar-refractivity contribution in [1.82, 2.24) is 14.7 Å². The van der Waals surface area contributed by atoms with Gasteiger partial charge < -0.3 is 9.80 Å². The van der Waals surface area contributed by atoms with E-state index in [0.29, 0.717) is 12.7 Å². The molecule has 2 saturated heterocycles. The van der Waals surface area contributed by atoms with Gasteiger partial charge in [-0.2, -0.15) is 0 Å². The number of nitrogens with zero attached hydrogens (tertiary/aromatic N) is 6. The van der Waals surface area contributed by atoms with Crippen LogP contribution in [0.2, 0.25) is 0 Å². The highest BCUT2D eigenvalue weighted by molar-refractivity contribution is 5.73. The molecule has 1 unspecified atom stereocenters. The maximum atomic E-state index is 11.6. The molecule has 19 heavy (non-hydrogen) atoms. The molecule has 0 spiro atoms. The van der Waals surface area contributed by atoms with Crippen molar-refractivity contribution < 1.29 is 4.79 Å². The second kappa shape index (κ2) is 6.75. The van der Waals surface area contributed by atoms with Gasteiger partial charge in [-0.15, -0.1) is 0 Å². The first-order valence-corrected chi connectivity index (χ1v) is 6.97. The van der Waals surface area contributed by atoms with E-state index in [1.807, 2.05) is 4.90 Å². The van der Waals surface area contributed by atoms with Crippen molar-refractivity contribution in [2.45, 2.75) is 25.9 Å². The number of azide groups is 1. The smallest absolute Gasteiger partial charge is 0.220 e. The summed E-state index contributed by atoms with van der Waals surface area (Å²) in [6.45, 7) is 7.89. The average molecular weight is 266 g/mol. The Hall–Kier alpha value is -1.30. The number of piperazine rings is 1. The van der Waals surface area contributed by atoms with Crippen LogP contribution in [0, 0.1) is 0 Å². The number of hydrogen-bond donors (Lipinski definition) is 0. The number of carbonyl (C=O) groups excluding carboxylic acids is 1. The maximum absolute atomic E-state index is 11.6. The van der Waals surface area contributed by atoms with E-state index in [0.717, 1.165) is 52.1 Å². The molecule has 2 rings (SSSR count). The minimum Gasteiger partial charge on any atom is -0.327 e. The Balaban J connectivity index is 1.79. The van der Waals surface area contributed by atoms with Gasteiger partial charge in [0.1, 0.15) is 0 Å². The van der Waals surface area contributed by atoms with Gasteiger partial charge in [0.15, 0.2) is 0 Å². The first-order valence-electron chi connectivity index (χ1n) is 6.97. The number of likely N-dealkylation sites (tertiary alicyclic amines) is 1. The molecule has 0 aliphatic carbocycles. The van der Waals surface area contributed by atoms with Crippen molar-refractivity contribution in [2.24, 2.45) is 5.11 Å². The van der Waals surface area contributed by atoms with E-state index in [2.05, 4.69) is 19.8 Å². The van der Waals surface area contributed by atoms with Crippen LogP contribution in [-0.4, -0.2) is 72.6 Å². The van der Waals surface area contributed by atoms with Gasteiger partial charge in [-0.3, -0.25) is 9.69 Å². The standard InChI is InChI=1S/C12H22N6O/c1-11(19)18-5-2-3-12(18)17-9-7-16(8-10-17)6-4-14-15-13/h12H,2-10H2,1H3. The molecule has 2 fully saturated rings. The highest BCUT2D eigenvalue weighted by atomic mass is 16.2. The monoisotopic (exact) mass is 266 g/mol. The van der Waals surface area contributed by atoms with Crippen LogP contribution in [0.5, 0.6) is 0 Å². The molecular weight excluding hydrogens is 244 g/mol. The van der Waals surface area contributed by atoms with Gasteiger partial charge in [0, 0.05) is 57.6 Å². The van der Waals surface area contributed by atoms with Crippen molar-refractivity contribution in [2.75, 3.05) is 45.8 Å². The Morgan fingerprint density at radius 2 is 2.05 bits per heavy atom. The van der Waals surface area contributed by atoms with Gasteiger partial charge in [0.2, 0.25) is 5.91 Å². The molecule has 0 bridgehead atoms. The zero-order chi connectivity index (χ0) is 13.7. The molecule has 0 saturated carbocycles. The summed E-state index contributed by atoms with van der Waals surface area (Å²) in [5, 5.41) is 3.57. The van der Waals surface area contributed by atoms with Crippen LogP contribution in [0.15, 0.2) is 5.11 Å². The molecule has 1 amide bonds. The Kier molecular flexibility index (Phi) is 5.01. The molecule has 0 aromatic rings. The highest BCUT2D eigenvalue weighted by Crippen LogP contribution is 2.22. The lowest BCUT2D eigenvalue weighted by atomic mass is 10.2. The molecule has 0 N–H and O–H groups in total. The van der Waals surface area contributed by atoms with Crippen molar-refractivity contribution in [3.05, 3.63) is 10.4 Å². The summed E-state index contributed by atoms with van der Waals surface area (Å²) in [6.07, 6.45) is 2.51. The predicted molar refractivity (Wildman–Crippen MR) is 72.4 cm³/mol. The topological polar surface area (TPSA) is 75.6 Å². The van der Waals surface area contributed by atoms with Crippen molar-refractivity contribution >= 4 is 5.91 Å². The van der Waals surface area contributed by atoms with Crippen LogP contribution in [0.3, 0.4) is 0 Å².